The van der Waals surface area contributed by atoms with Crippen LogP contribution in [0.2, 0.25) is 0 Å². The Kier molecular flexibility index (Phi) is 7.17. The van der Waals surface area contributed by atoms with Crippen molar-refractivity contribution in [3.05, 3.63) is 174 Å². The third-order valence-electron chi connectivity index (χ3n) is 14.7. The molecule has 0 aliphatic heterocycles. The Morgan fingerprint density at radius 2 is 0.883 bits per heavy atom. The van der Waals surface area contributed by atoms with Gasteiger partial charge in [-0.05, 0) is 116 Å². The second-order valence-electron chi connectivity index (χ2n) is 17.7. The summed E-state index contributed by atoms with van der Waals surface area (Å²) in [6.45, 7) is 0. The van der Waals surface area contributed by atoms with Gasteiger partial charge in [0, 0.05) is 102 Å². The van der Waals surface area contributed by atoms with Gasteiger partial charge in [0.2, 0.25) is 0 Å². The van der Waals surface area contributed by atoms with E-state index in [1.807, 2.05) is 0 Å². The summed E-state index contributed by atoms with van der Waals surface area (Å²) in [6.07, 6.45) is 13.0. The lowest BCUT2D eigenvalue weighted by Crippen LogP contribution is -2.30. The number of hydrogen-bond donors (Lipinski definition) is 0. The van der Waals surface area contributed by atoms with Crippen molar-refractivity contribution < 1.29 is 0 Å². The standard InChI is InChI=1S/C56H46N4/c1-57-48-18-8-4-14-40(48)46-34-38(24-28-50(46)57)59-52-20-10-6-16-42(52)44-32-36(22-26-54(44)59)56(30-12-3-13-31-56)37-23-27-55-45(33-37)43-17-7-11-21-53(43)60(55)39-25-29-51-47(35-39)41-15-5-9-19-49(41)58(51)2/h4-10,14-20,22-29,32-35H,3,11-13,21,30-31H2,1-2H3. The van der Waals surface area contributed by atoms with E-state index in [1.54, 1.807) is 0 Å². The SMILES string of the molecule is Cn1c2ccccc2c2cc(-n3c4c(c5cc(C6(c7ccc8c(c7)c7ccccc7n8-c7ccc8c(c7)c7ccccc7n8C)CCCCC6)ccc53)C=CCC4)ccc21. The first kappa shape index (κ1) is 34.1. The van der Waals surface area contributed by atoms with Crippen molar-refractivity contribution in [1.82, 2.24) is 18.3 Å². The third kappa shape index (κ3) is 4.62. The van der Waals surface area contributed by atoms with Gasteiger partial charge in [-0.3, -0.25) is 0 Å². The molecular weight excluding hydrogens is 729 g/mol. The predicted molar refractivity (Wildman–Crippen MR) is 253 cm³/mol. The number of fused-ring (bicyclic) bond motifs is 12. The van der Waals surface area contributed by atoms with Crippen LogP contribution in [-0.2, 0) is 25.9 Å². The molecule has 1 fully saturated rings. The molecule has 0 atom stereocenters. The molecule has 4 nitrogen and oxygen atoms in total. The topological polar surface area (TPSA) is 19.7 Å². The number of para-hydroxylation sites is 3. The Bertz CT molecular complexity index is 3610. The molecule has 13 rings (SSSR count). The van der Waals surface area contributed by atoms with Crippen LogP contribution in [0, 0.1) is 0 Å². The Hall–Kier alpha value is -6.78. The molecule has 0 amide bonds. The highest BCUT2D eigenvalue weighted by molar-refractivity contribution is 6.12. The molecule has 0 spiro atoms. The minimum Gasteiger partial charge on any atom is -0.344 e. The van der Waals surface area contributed by atoms with Crippen molar-refractivity contribution >= 4 is 82.4 Å². The van der Waals surface area contributed by atoms with Crippen LogP contribution >= 0.6 is 0 Å². The lowest BCUT2D eigenvalue weighted by molar-refractivity contribution is 0.346. The van der Waals surface area contributed by atoms with Gasteiger partial charge in [0.05, 0.1) is 16.6 Å². The first-order chi connectivity index (χ1) is 29.6. The van der Waals surface area contributed by atoms with E-state index in [-0.39, 0.29) is 5.41 Å². The van der Waals surface area contributed by atoms with E-state index in [0.717, 1.165) is 25.7 Å². The van der Waals surface area contributed by atoms with Crippen molar-refractivity contribution in [2.75, 3.05) is 0 Å². The van der Waals surface area contributed by atoms with Crippen molar-refractivity contribution in [2.24, 2.45) is 14.1 Å². The zero-order chi connectivity index (χ0) is 39.7. The molecule has 0 saturated heterocycles. The highest BCUT2D eigenvalue weighted by Gasteiger charge is 2.37. The van der Waals surface area contributed by atoms with Gasteiger partial charge in [-0.15, -0.1) is 0 Å². The number of benzene rings is 7. The number of aromatic nitrogens is 4. The van der Waals surface area contributed by atoms with Crippen LogP contribution in [-0.4, -0.2) is 18.3 Å². The Morgan fingerprint density at radius 1 is 0.417 bits per heavy atom. The summed E-state index contributed by atoms with van der Waals surface area (Å²) in [7, 11) is 4.37. The minimum atomic E-state index is -0.0546. The van der Waals surface area contributed by atoms with E-state index in [4.69, 9.17) is 0 Å². The van der Waals surface area contributed by atoms with Crippen LogP contribution in [0.15, 0.2) is 152 Å². The summed E-state index contributed by atoms with van der Waals surface area (Å²) in [5, 5.41) is 9.25. The average molecular weight is 775 g/mol. The summed E-state index contributed by atoms with van der Waals surface area (Å²) in [5.74, 6) is 0. The fraction of sp³-hybridized carbons (Fsp3) is 0.179. The summed E-state index contributed by atoms with van der Waals surface area (Å²) in [4.78, 5) is 0. The third-order valence-corrected chi connectivity index (χ3v) is 14.7. The fourth-order valence-electron chi connectivity index (χ4n) is 11.9. The zero-order valence-corrected chi connectivity index (χ0v) is 34.2. The van der Waals surface area contributed by atoms with Crippen molar-refractivity contribution in [3.63, 3.8) is 0 Å². The second kappa shape index (κ2) is 12.6. The molecule has 7 aromatic carbocycles. The summed E-state index contributed by atoms with van der Waals surface area (Å²) in [6, 6.07) is 55.7. The first-order valence-corrected chi connectivity index (χ1v) is 21.9. The van der Waals surface area contributed by atoms with Gasteiger partial charge in [0.1, 0.15) is 0 Å². The lowest BCUT2D eigenvalue weighted by atomic mass is 9.65. The predicted octanol–water partition coefficient (Wildman–Crippen LogP) is 14.2. The molecule has 4 heteroatoms. The van der Waals surface area contributed by atoms with Crippen LogP contribution in [0.1, 0.15) is 60.9 Å². The maximum atomic E-state index is 2.59. The van der Waals surface area contributed by atoms with Gasteiger partial charge < -0.3 is 18.3 Å². The van der Waals surface area contributed by atoms with Crippen molar-refractivity contribution in [3.8, 4) is 11.4 Å². The van der Waals surface area contributed by atoms with E-state index >= 15 is 0 Å². The zero-order valence-electron chi connectivity index (χ0n) is 34.2. The van der Waals surface area contributed by atoms with Crippen molar-refractivity contribution in [2.45, 2.75) is 50.4 Å². The maximum absolute atomic E-state index is 2.59. The Balaban J connectivity index is 0.985. The molecule has 1 saturated carbocycles. The van der Waals surface area contributed by atoms with E-state index in [2.05, 4.69) is 190 Å². The lowest BCUT2D eigenvalue weighted by Gasteiger charge is -2.39. The van der Waals surface area contributed by atoms with Crippen LogP contribution in [0.5, 0.6) is 0 Å². The van der Waals surface area contributed by atoms with Gasteiger partial charge >= 0.3 is 0 Å². The molecule has 4 heterocycles. The van der Waals surface area contributed by atoms with Gasteiger partial charge in [0.25, 0.3) is 0 Å². The number of nitrogens with zero attached hydrogens (tertiary/aromatic N) is 4. The molecule has 2 aliphatic carbocycles. The first-order valence-electron chi connectivity index (χ1n) is 21.9. The molecule has 2 aliphatic rings. The van der Waals surface area contributed by atoms with Crippen LogP contribution in [0.3, 0.4) is 0 Å². The molecule has 11 aromatic rings. The Labute approximate surface area is 349 Å². The van der Waals surface area contributed by atoms with E-state index < -0.39 is 0 Å². The van der Waals surface area contributed by atoms with Gasteiger partial charge in [-0.2, -0.15) is 0 Å². The monoisotopic (exact) mass is 774 g/mol. The van der Waals surface area contributed by atoms with Crippen LogP contribution in [0.25, 0.3) is 93.8 Å². The molecule has 0 N–H and O–H groups in total. The Morgan fingerprint density at radius 3 is 1.52 bits per heavy atom. The molecule has 0 unspecified atom stereocenters. The fourth-order valence-corrected chi connectivity index (χ4v) is 11.9. The summed E-state index contributed by atoms with van der Waals surface area (Å²) < 4.78 is 9.71. The largest absolute Gasteiger partial charge is 0.344 e. The van der Waals surface area contributed by atoms with Gasteiger partial charge in [-0.25, -0.2) is 0 Å². The second-order valence-corrected chi connectivity index (χ2v) is 17.7. The summed E-state index contributed by atoms with van der Waals surface area (Å²) in [5.41, 5.74) is 17.0. The van der Waals surface area contributed by atoms with Gasteiger partial charge in [-0.1, -0.05) is 98.1 Å². The van der Waals surface area contributed by atoms with Gasteiger partial charge in [0.15, 0.2) is 0 Å². The number of rotatable bonds is 4. The normalized spacial score (nSPS) is 15.4. The maximum Gasteiger partial charge on any atom is 0.0541 e. The average Bonchev–Trinajstić information content (AvgIpc) is 4.01. The van der Waals surface area contributed by atoms with Crippen LogP contribution in [0.4, 0.5) is 0 Å². The molecular formula is C56H46N4. The molecule has 4 aromatic heterocycles. The van der Waals surface area contributed by atoms with Crippen LogP contribution < -0.4 is 0 Å². The molecule has 0 bridgehead atoms. The highest BCUT2D eigenvalue weighted by atomic mass is 15.0. The highest BCUT2D eigenvalue weighted by Crippen LogP contribution is 2.48. The molecule has 0 radical (unpaired) electrons. The number of aryl methyl sites for hydroxylation is 2. The van der Waals surface area contributed by atoms with E-state index in [1.165, 1.54) is 129 Å². The minimum absolute atomic E-state index is 0.0546. The van der Waals surface area contributed by atoms with E-state index in [0.29, 0.717) is 0 Å². The van der Waals surface area contributed by atoms with E-state index in [9.17, 15) is 0 Å². The van der Waals surface area contributed by atoms with Crippen molar-refractivity contribution in [1.29, 1.82) is 0 Å². The quantitative estimate of drug-likeness (QED) is 0.170. The number of hydrogen-bond acceptors (Lipinski definition) is 0. The smallest absolute Gasteiger partial charge is 0.0541 e. The summed E-state index contributed by atoms with van der Waals surface area (Å²) >= 11 is 0. The number of allylic oxidation sites excluding steroid dienone is 1. The molecule has 60 heavy (non-hydrogen) atoms. The molecule has 290 valence electrons.